The first kappa shape index (κ1) is 29.5. The largest absolute Gasteiger partial charge is 0.459 e. The number of unbranched alkanes of at least 4 members (excludes halogenated alkanes) is 5. The van der Waals surface area contributed by atoms with Crippen molar-refractivity contribution in [2.75, 3.05) is 0 Å². The first-order valence-electron chi connectivity index (χ1n) is 12.4. The summed E-state index contributed by atoms with van der Waals surface area (Å²) in [5.41, 5.74) is 0. The minimum Gasteiger partial charge on any atom is -0.459 e. The molecule has 4 heteroatoms. The minimum absolute atomic E-state index is 0.0424. The van der Waals surface area contributed by atoms with Gasteiger partial charge in [0, 0.05) is 10.3 Å². The van der Waals surface area contributed by atoms with Crippen LogP contribution in [-0.2, 0) is 11.2 Å². The number of aryl methyl sites for hydroxylation is 1. The van der Waals surface area contributed by atoms with E-state index in [0.717, 1.165) is 18.8 Å². The Labute approximate surface area is 196 Å². The van der Waals surface area contributed by atoms with Gasteiger partial charge in [0.1, 0.15) is 4.88 Å². The van der Waals surface area contributed by atoms with Crippen molar-refractivity contribution in [2.45, 2.75) is 130 Å². The molecule has 1 aromatic rings. The van der Waals surface area contributed by atoms with Crippen molar-refractivity contribution >= 4 is 28.9 Å². The molecule has 1 heterocycles. The van der Waals surface area contributed by atoms with Gasteiger partial charge in [-0.25, -0.2) is 4.79 Å². The Bertz CT molecular complexity index is 527. The topological polar surface area (TPSA) is 26.3 Å². The highest BCUT2D eigenvalue weighted by Gasteiger charge is 2.21. The van der Waals surface area contributed by atoms with Crippen LogP contribution < -0.4 is 0 Å². The van der Waals surface area contributed by atoms with Crippen molar-refractivity contribution in [1.82, 2.24) is 0 Å². The molecule has 176 valence electrons. The molecule has 2 atom stereocenters. The second-order valence-electron chi connectivity index (χ2n) is 8.30. The number of alkyl halides is 1. The van der Waals surface area contributed by atoms with Crippen molar-refractivity contribution in [1.29, 1.82) is 0 Å². The summed E-state index contributed by atoms with van der Waals surface area (Å²) in [5, 5.41) is 0.500. The molecule has 0 radical (unpaired) electrons. The molecule has 1 unspecified atom stereocenters. The highest BCUT2D eigenvalue weighted by atomic mass is 35.5. The Morgan fingerprint density at radius 3 is 2.30 bits per heavy atom. The summed E-state index contributed by atoms with van der Waals surface area (Å²) in [6.07, 6.45) is 16.1. The van der Waals surface area contributed by atoms with Crippen LogP contribution in [0, 0.1) is 5.92 Å². The molecule has 30 heavy (non-hydrogen) atoms. The average Bonchev–Trinajstić information content (AvgIpc) is 3.36. The van der Waals surface area contributed by atoms with Gasteiger partial charge in [-0.05, 0) is 57.6 Å². The molecule has 0 aliphatic heterocycles. The lowest BCUT2D eigenvalue weighted by molar-refractivity contribution is 0.0384. The third-order valence-electron chi connectivity index (χ3n) is 5.15. The second-order valence-corrected chi connectivity index (χ2v) is 10.1. The maximum Gasteiger partial charge on any atom is 0.348 e. The fourth-order valence-corrected chi connectivity index (χ4v) is 5.00. The zero-order valence-electron chi connectivity index (χ0n) is 20.5. The Kier molecular flexibility index (Phi) is 18.8. The average molecular weight is 459 g/mol. The Morgan fingerprint density at radius 1 is 1.07 bits per heavy atom. The van der Waals surface area contributed by atoms with E-state index in [2.05, 4.69) is 13.8 Å². The Hall–Kier alpha value is -0.540. The lowest BCUT2D eigenvalue weighted by Gasteiger charge is -2.08. The SMILES string of the molecule is CC.CCCCCCCCC1CC[C@@H](Cl)C1.CCCc1ccc(C(=O)OC(C)C)s1. The van der Waals surface area contributed by atoms with Crippen LogP contribution in [0.5, 0.6) is 0 Å². The fourth-order valence-electron chi connectivity index (χ4n) is 3.63. The van der Waals surface area contributed by atoms with Crippen LogP contribution in [0.25, 0.3) is 0 Å². The number of rotatable bonds is 11. The van der Waals surface area contributed by atoms with Crippen LogP contribution in [-0.4, -0.2) is 17.5 Å². The van der Waals surface area contributed by atoms with Gasteiger partial charge >= 0.3 is 5.97 Å². The first-order chi connectivity index (χ1) is 14.5. The van der Waals surface area contributed by atoms with Gasteiger partial charge in [0.25, 0.3) is 0 Å². The van der Waals surface area contributed by atoms with Gasteiger partial charge in [-0.2, -0.15) is 0 Å². The van der Waals surface area contributed by atoms with Crippen molar-refractivity contribution in [2.24, 2.45) is 5.92 Å². The summed E-state index contributed by atoms with van der Waals surface area (Å²) in [6, 6.07) is 3.85. The van der Waals surface area contributed by atoms with E-state index >= 15 is 0 Å². The van der Waals surface area contributed by atoms with Crippen LogP contribution in [0.15, 0.2) is 12.1 Å². The molecule has 0 spiro atoms. The van der Waals surface area contributed by atoms with Gasteiger partial charge in [0.15, 0.2) is 0 Å². The van der Waals surface area contributed by atoms with Crippen LogP contribution in [0.3, 0.4) is 0 Å². The summed E-state index contributed by atoms with van der Waals surface area (Å²) in [7, 11) is 0. The monoisotopic (exact) mass is 458 g/mol. The van der Waals surface area contributed by atoms with E-state index in [-0.39, 0.29) is 12.1 Å². The van der Waals surface area contributed by atoms with Gasteiger partial charge in [0.2, 0.25) is 0 Å². The molecule has 1 aliphatic carbocycles. The molecule has 0 aromatic carbocycles. The highest BCUT2D eigenvalue weighted by molar-refractivity contribution is 7.13. The number of hydrogen-bond donors (Lipinski definition) is 0. The molecule has 1 aromatic heterocycles. The number of carbonyl (C=O) groups excluding carboxylic acids is 1. The molecule has 0 bridgehead atoms. The summed E-state index contributed by atoms with van der Waals surface area (Å²) in [4.78, 5) is 13.4. The zero-order valence-corrected chi connectivity index (χ0v) is 22.0. The third-order valence-corrected chi connectivity index (χ3v) is 6.67. The second kappa shape index (κ2) is 19.2. The van der Waals surface area contributed by atoms with E-state index in [0.29, 0.717) is 10.3 Å². The predicted octanol–water partition coefficient (Wildman–Crippen LogP) is 9.44. The molecule has 0 N–H and O–H groups in total. The van der Waals surface area contributed by atoms with E-state index in [4.69, 9.17) is 16.3 Å². The number of thiophene rings is 1. The van der Waals surface area contributed by atoms with Gasteiger partial charge < -0.3 is 4.74 Å². The van der Waals surface area contributed by atoms with E-state index in [1.54, 1.807) is 0 Å². The Morgan fingerprint density at radius 2 is 1.73 bits per heavy atom. The van der Waals surface area contributed by atoms with E-state index in [9.17, 15) is 4.79 Å². The number of carbonyl (C=O) groups is 1. The highest BCUT2D eigenvalue weighted by Crippen LogP contribution is 2.32. The van der Waals surface area contributed by atoms with Gasteiger partial charge in [0.05, 0.1) is 6.10 Å². The van der Waals surface area contributed by atoms with E-state index < -0.39 is 0 Å². The van der Waals surface area contributed by atoms with Crippen LogP contribution in [0.4, 0.5) is 0 Å². The molecule has 1 saturated carbocycles. The zero-order chi connectivity index (χ0) is 22.8. The maximum atomic E-state index is 11.5. The van der Waals surface area contributed by atoms with Gasteiger partial charge in [-0.1, -0.05) is 79.1 Å². The van der Waals surface area contributed by atoms with Crippen LogP contribution in [0.2, 0.25) is 0 Å². The molecule has 0 saturated heterocycles. The standard InChI is InChI=1S/C13H25Cl.C11H16O2S.C2H6/c1-2-3-4-5-6-7-8-12-9-10-13(14)11-12;1-4-5-9-6-7-10(14-9)11(12)13-8(2)3;1-2/h12-13H,2-11H2,1H3;6-8H,4-5H2,1-3H3;1-2H3/t12?,13-;;/m1../s1. The summed E-state index contributed by atoms with van der Waals surface area (Å²) in [6.45, 7) is 12.1. The molecule has 2 rings (SSSR count). The lowest BCUT2D eigenvalue weighted by Crippen LogP contribution is -2.09. The predicted molar refractivity (Wildman–Crippen MR) is 135 cm³/mol. The number of hydrogen-bond acceptors (Lipinski definition) is 3. The number of ether oxygens (including phenoxy) is 1. The first-order valence-corrected chi connectivity index (χ1v) is 13.6. The molecule has 0 amide bonds. The minimum atomic E-state index is -0.202. The molecule has 2 nitrogen and oxygen atoms in total. The molecular weight excluding hydrogens is 412 g/mol. The summed E-state index contributed by atoms with van der Waals surface area (Å²) >= 11 is 7.62. The smallest absolute Gasteiger partial charge is 0.348 e. The van der Waals surface area contributed by atoms with Crippen molar-refractivity contribution in [3.05, 3.63) is 21.9 Å². The van der Waals surface area contributed by atoms with E-state index in [1.165, 1.54) is 80.4 Å². The fraction of sp³-hybridized carbons (Fsp3) is 0.808. The summed E-state index contributed by atoms with van der Waals surface area (Å²) < 4.78 is 5.10. The Balaban J connectivity index is 0.000000518. The molecular formula is C26H47ClO2S. The van der Waals surface area contributed by atoms with Crippen molar-refractivity contribution in [3.63, 3.8) is 0 Å². The lowest BCUT2D eigenvalue weighted by atomic mass is 9.99. The van der Waals surface area contributed by atoms with E-state index in [1.807, 2.05) is 39.8 Å². The van der Waals surface area contributed by atoms with Crippen molar-refractivity contribution in [3.8, 4) is 0 Å². The van der Waals surface area contributed by atoms with Gasteiger partial charge in [-0.15, -0.1) is 22.9 Å². The van der Waals surface area contributed by atoms with Crippen molar-refractivity contribution < 1.29 is 9.53 Å². The molecule has 1 fully saturated rings. The van der Waals surface area contributed by atoms with Crippen LogP contribution >= 0.6 is 22.9 Å². The number of esters is 1. The maximum absolute atomic E-state index is 11.5. The third kappa shape index (κ3) is 14.5. The number of halogens is 1. The normalized spacial score (nSPS) is 17.7. The van der Waals surface area contributed by atoms with Crippen LogP contribution in [0.1, 0.15) is 127 Å². The quantitative estimate of drug-likeness (QED) is 0.187. The molecule has 1 aliphatic rings. The van der Waals surface area contributed by atoms with Gasteiger partial charge in [-0.3, -0.25) is 0 Å². The summed E-state index contributed by atoms with van der Waals surface area (Å²) in [5.74, 6) is 0.760.